The minimum Gasteiger partial charge on any atom is -0.393 e. The predicted molar refractivity (Wildman–Crippen MR) is 94.4 cm³/mol. The lowest BCUT2D eigenvalue weighted by Gasteiger charge is -2.14. The summed E-state index contributed by atoms with van der Waals surface area (Å²) in [6.07, 6.45) is 0.599. The van der Waals surface area contributed by atoms with Gasteiger partial charge in [-0.2, -0.15) is 5.10 Å². The summed E-state index contributed by atoms with van der Waals surface area (Å²) in [7, 11) is 0. The monoisotopic (exact) mass is 315 g/mol. The zero-order valence-corrected chi connectivity index (χ0v) is 14.7. The fourth-order valence-electron chi connectivity index (χ4n) is 3.01. The van der Waals surface area contributed by atoms with Crippen molar-refractivity contribution in [3.8, 4) is 0 Å². The number of aromatic nitrogens is 2. The molecule has 4 nitrogen and oxygen atoms in total. The zero-order chi connectivity index (χ0) is 16.8. The van der Waals surface area contributed by atoms with Crippen LogP contribution in [0.1, 0.15) is 42.8 Å². The Balaban J connectivity index is 1.95. The lowest BCUT2D eigenvalue weighted by Crippen LogP contribution is -2.23. The van der Waals surface area contributed by atoms with Gasteiger partial charge in [-0.25, -0.2) is 0 Å². The van der Waals surface area contributed by atoms with E-state index in [2.05, 4.69) is 60.1 Å². The van der Waals surface area contributed by atoms with Crippen LogP contribution >= 0.6 is 0 Å². The average molecular weight is 315 g/mol. The number of aliphatic hydroxyl groups excluding tert-OH is 1. The largest absolute Gasteiger partial charge is 0.393 e. The predicted octanol–water partition coefficient (Wildman–Crippen LogP) is 3.04. The number of aryl methyl sites for hydroxylation is 1. The van der Waals surface area contributed by atoms with E-state index < -0.39 is 0 Å². The Morgan fingerprint density at radius 1 is 1.17 bits per heavy atom. The van der Waals surface area contributed by atoms with Gasteiger partial charge in [-0.3, -0.25) is 4.68 Å². The molecule has 0 aliphatic carbocycles. The zero-order valence-electron chi connectivity index (χ0n) is 14.7. The van der Waals surface area contributed by atoms with Crippen LogP contribution in [-0.4, -0.2) is 27.5 Å². The Morgan fingerprint density at radius 3 is 2.52 bits per heavy atom. The highest BCUT2D eigenvalue weighted by molar-refractivity contribution is 5.26. The van der Waals surface area contributed by atoms with E-state index in [-0.39, 0.29) is 6.10 Å². The Hall–Kier alpha value is -1.65. The summed E-state index contributed by atoms with van der Waals surface area (Å²) in [5.74, 6) is 0.468. The summed E-state index contributed by atoms with van der Waals surface area (Å²) in [5, 5.41) is 17.6. The molecular weight excluding hydrogens is 286 g/mol. The molecule has 2 unspecified atom stereocenters. The van der Waals surface area contributed by atoms with Crippen molar-refractivity contribution in [1.82, 2.24) is 15.1 Å². The van der Waals surface area contributed by atoms with Gasteiger partial charge in [0.2, 0.25) is 0 Å². The molecule has 0 fully saturated rings. The van der Waals surface area contributed by atoms with E-state index in [0.29, 0.717) is 5.92 Å². The van der Waals surface area contributed by atoms with Crippen LogP contribution in [0.2, 0.25) is 0 Å². The second-order valence-corrected chi connectivity index (χ2v) is 6.61. The molecule has 0 saturated carbocycles. The van der Waals surface area contributed by atoms with Crippen molar-refractivity contribution in [3.05, 3.63) is 52.8 Å². The van der Waals surface area contributed by atoms with Gasteiger partial charge in [0, 0.05) is 17.8 Å². The van der Waals surface area contributed by atoms with Crippen molar-refractivity contribution in [3.63, 3.8) is 0 Å². The lowest BCUT2D eigenvalue weighted by atomic mass is 10.0. The molecule has 1 aromatic heterocycles. The van der Waals surface area contributed by atoms with E-state index in [1.54, 1.807) is 0 Å². The standard InChI is InChI=1S/C19H29N3O/c1-14(10-15(2)23)11-20-12-19-16(3)21-22(17(19)4)13-18-8-6-5-7-9-18/h5-9,14-15,20,23H,10-13H2,1-4H3. The molecule has 0 amide bonds. The first-order chi connectivity index (χ1) is 11.0. The summed E-state index contributed by atoms with van der Waals surface area (Å²) in [6, 6.07) is 10.4. The van der Waals surface area contributed by atoms with Crippen molar-refractivity contribution in [1.29, 1.82) is 0 Å². The van der Waals surface area contributed by atoms with Gasteiger partial charge in [-0.05, 0) is 45.2 Å². The van der Waals surface area contributed by atoms with Crippen LogP contribution in [0.25, 0.3) is 0 Å². The molecule has 2 aromatic rings. The van der Waals surface area contributed by atoms with Crippen LogP contribution in [-0.2, 0) is 13.1 Å². The molecule has 2 atom stereocenters. The van der Waals surface area contributed by atoms with Gasteiger partial charge in [0.05, 0.1) is 18.3 Å². The molecular formula is C19H29N3O. The smallest absolute Gasteiger partial charge is 0.0662 e. The van der Waals surface area contributed by atoms with E-state index in [1.165, 1.54) is 16.8 Å². The first-order valence-corrected chi connectivity index (χ1v) is 8.43. The number of rotatable bonds is 8. The molecule has 23 heavy (non-hydrogen) atoms. The third kappa shape index (κ3) is 5.19. The van der Waals surface area contributed by atoms with Gasteiger partial charge in [0.25, 0.3) is 0 Å². The van der Waals surface area contributed by atoms with Gasteiger partial charge < -0.3 is 10.4 Å². The molecule has 2 rings (SSSR count). The fourth-order valence-corrected chi connectivity index (χ4v) is 3.01. The molecule has 4 heteroatoms. The van der Waals surface area contributed by atoms with Gasteiger partial charge in [-0.1, -0.05) is 37.3 Å². The molecule has 1 heterocycles. The fraction of sp³-hybridized carbons (Fsp3) is 0.526. The van der Waals surface area contributed by atoms with Gasteiger partial charge in [-0.15, -0.1) is 0 Å². The number of nitrogens with zero attached hydrogens (tertiary/aromatic N) is 2. The maximum absolute atomic E-state index is 9.43. The van der Waals surface area contributed by atoms with Crippen LogP contribution in [0.15, 0.2) is 30.3 Å². The molecule has 0 spiro atoms. The van der Waals surface area contributed by atoms with Crippen molar-refractivity contribution in [2.45, 2.75) is 53.3 Å². The summed E-state index contributed by atoms with van der Waals surface area (Å²) < 4.78 is 2.08. The molecule has 0 aliphatic rings. The van der Waals surface area contributed by atoms with Crippen LogP contribution in [0.4, 0.5) is 0 Å². The molecule has 1 aromatic carbocycles. The highest BCUT2D eigenvalue weighted by Crippen LogP contribution is 2.15. The third-order valence-corrected chi connectivity index (χ3v) is 4.24. The average Bonchev–Trinajstić information content (AvgIpc) is 2.75. The molecule has 0 bridgehead atoms. The van der Waals surface area contributed by atoms with E-state index >= 15 is 0 Å². The molecule has 0 saturated heterocycles. The highest BCUT2D eigenvalue weighted by Gasteiger charge is 2.12. The van der Waals surface area contributed by atoms with Crippen molar-refractivity contribution in [2.75, 3.05) is 6.54 Å². The Labute approximate surface area is 139 Å². The van der Waals surface area contributed by atoms with Crippen LogP contribution < -0.4 is 5.32 Å². The lowest BCUT2D eigenvalue weighted by molar-refractivity contribution is 0.163. The SMILES string of the molecule is Cc1nn(Cc2ccccc2)c(C)c1CNCC(C)CC(C)O. The number of hydrogen-bond donors (Lipinski definition) is 2. The van der Waals surface area contributed by atoms with Crippen LogP contribution in [0.3, 0.4) is 0 Å². The van der Waals surface area contributed by atoms with E-state index in [4.69, 9.17) is 0 Å². The number of nitrogens with one attached hydrogen (secondary N) is 1. The summed E-state index contributed by atoms with van der Waals surface area (Å²) in [4.78, 5) is 0. The molecule has 126 valence electrons. The quantitative estimate of drug-likeness (QED) is 0.787. The summed E-state index contributed by atoms with van der Waals surface area (Å²) in [6.45, 7) is 10.8. The van der Waals surface area contributed by atoms with Gasteiger partial charge in [0.1, 0.15) is 0 Å². The summed E-state index contributed by atoms with van der Waals surface area (Å²) >= 11 is 0. The van der Waals surface area contributed by atoms with Crippen LogP contribution in [0, 0.1) is 19.8 Å². The minimum absolute atomic E-state index is 0.233. The number of benzene rings is 1. The van der Waals surface area contributed by atoms with Gasteiger partial charge >= 0.3 is 0 Å². The van der Waals surface area contributed by atoms with Crippen LogP contribution in [0.5, 0.6) is 0 Å². The van der Waals surface area contributed by atoms with Crippen molar-refractivity contribution < 1.29 is 5.11 Å². The van der Waals surface area contributed by atoms with Gasteiger partial charge in [0.15, 0.2) is 0 Å². The van der Waals surface area contributed by atoms with E-state index in [0.717, 1.165) is 31.7 Å². The second kappa shape index (κ2) is 8.27. The highest BCUT2D eigenvalue weighted by atomic mass is 16.3. The topological polar surface area (TPSA) is 50.1 Å². The first-order valence-electron chi connectivity index (χ1n) is 8.43. The molecule has 2 N–H and O–H groups in total. The summed E-state index contributed by atoms with van der Waals surface area (Å²) in [5.41, 5.74) is 4.87. The number of hydrogen-bond acceptors (Lipinski definition) is 3. The third-order valence-electron chi connectivity index (χ3n) is 4.24. The van der Waals surface area contributed by atoms with E-state index in [1.807, 2.05) is 13.0 Å². The van der Waals surface area contributed by atoms with Crippen molar-refractivity contribution >= 4 is 0 Å². The Kier molecular flexibility index (Phi) is 6.37. The Morgan fingerprint density at radius 2 is 1.87 bits per heavy atom. The second-order valence-electron chi connectivity index (χ2n) is 6.61. The molecule has 0 aliphatic heterocycles. The normalized spacial score (nSPS) is 14.0. The maximum Gasteiger partial charge on any atom is 0.0662 e. The first kappa shape index (κ1) is 17.7. The Bertz CT molecular complexity index is 605. The van der Waals surface area contributed by atoms with Crippen molar-refractivity contribution in [2.24, 2.45) is 5.92 Å². The minimum atomic E-state index is -0.233. The van der Waals surface area contributed by atoms with E-state index in [9.17, 15) is 5.11 Å². The maximum atomic E-state index is 9.43. The number of aliphatic hydroxyl groups is 1. The molecule has 0 radical (unpaired) electrons.